The second kappa shape index (κ2) is 8.84. The van der Waals surface area contributed by atoms with Crippen molar-refractivity contribution in [3.05, 3.63) is 30.0 Å². The summed E-state index contributed by atoms with van der Waals surface area (Å²) in [7, 11) is 0. The standard InChI is InChI=1S/C23H34N4O2/c1-4-6-11-26-18-12-17(13-19(26)15-29-14-18)24-23(28)22-20-9-7-8-10-21(20)27(25-22)16(3)5-2/h7-10,16-19H,4-6,11-15H2,1-3H3,(H,24,28). The van der Waals surface area contributed by atoms with Crippen molar-refractivity contribution in [3.63, 3.8) is 0 Å². The minimum Gasteiger partial charge on any atom is -0.378 e. The van der Waals surface area contributed by atoms with Crippen LogP contribution in [0.3, 0.4) is 0 Å². The molecule has 3 atom stereocenters. The molecule has 1 aromatic carbocycles. The first-order valence-electron chi connectivity index (χ1n) is 11.2. The van der Waals surface area contributed by atoms with E-state index in [1.165, 1.54) is 12.8 Å². The van der Waals surface area contributed by atoms with Crippen molar-refractivity contribution in [3.8, 4) is 0 Å². The van der Waals surface area contributed by atoms with Gasteiger partial charge in [0, 0.05) is 29.6 Å². The third-order valence-electron chi connectivity index (χ3n) is 6.61. The molecule has 2 fully saturated rings. The number of fused-ring (bicyclic) bond motifs is 3. The maximum absolute atomic E-state index is 13.2. The molecule has 3 heterocycles. The molecule has 1 amide bonds. The second-order valence-corrected chi connectivity index (χ2v) is 8.65. The highest BCUT2D eigenvalue weighted by molar-refractivity contribution is 6.05. The summed E-state index contributed by atoms with van der Waals surface area (Å²) in [4.78, 5) is 15.8. The molecule has 3 unspecified atom stereocenters. The first-order chi connectivity index (χ1) is 14.1. The number of piperidine rings is 1. The summed E-state index contributed by atoms with van der Waals surface area (Å²) in [5, 5.41) is 8.97. The van der Waals surface area contributed by atoms with Gasteiger partial charge in [-0.15, -0.1) is 0 Å². The zero-order valence-electron chi connectivity index (χ0n) is 17.9. The van der Waals surface area contributed by atoms with Gasteiger partial charge < -0.3 is 10.1 Å². The average molecular weight is 399 g/mol. The fourth-order valence-corrected chi connectivity index (χ4v) is 4.83. The lowest BCUT2D eigenvalue weighted by atomic mass is 9.89. The Kier molecular flexibility index (Phi) is 6.20. The fourth-order valence-electron chi connectivity index (χ4n) is 4.83. The fraction of sp³-hybridized carbons (Fsp3) is 0.652. The van der Waals surface area contributed by atoms with Crippen LogP contribution in [0.4, 0.5) is 0 Å². The van der Waals surface area contributed by atoms with Crippen LogP contribution < -0.4 is 5.32 Å². The molecular formula is C23H34N4O2. The van der Waals surface area contributed by atoms with Gasteiger partial charge in [-0.05, 0) is 45.2 Å². The summed E-state index contributed by atoms with van der Waals surface area (Å²) >= 11 is 0. The molecule has 2 aliphatic rings. The number of aromatic nitrogens is 2. The number of rotatable bonds is 7. The van der Waals surface area contributed by atoms with Crippen LogP contribution in [0.15, 0.2) is 24.3 Å². The van der Waals surface area contributed by atoms with Crippen molar-refractivity contribution < 1.29 is 9.53 Å². The van der Waals surface area contributed by atoms with Gasteiger partial charge in [-0.1, -0.05) is 38.5 Å². The van der Waals surface area contributed by atoms with Crippen LogP contribution in [0.5, 0.6) is 0 Å². The van der Waals surface area contributed by atoms with Crippen molar-refractivity contribution in [2.45, 2.75) is 77.0 Å². The van der Waals surface area contributed by atoms with Crippen molar-refractivity contribution in [1.29, 1.82) is 0 Å². The van der Waals surface area contributed by atoms with E-state index >= 15 is 0 Å². The van der Waals surface area contributed by atoms with Crippen LogP contribution in [0.2, 0.25) is 0 Å². The van der Waals surface area contributed by atoms with Crippen LogP contribution in [0.1, 0.15) is 69.4 Å². The van der Waals surface area contributed by atoms with Crippen LogP contribution in [0.25, 0.3) is 10.9 Å². The van der Waals surface area contributed by atoms with E-state index < -0.39 is 0 Å². The topological polar surface area (TPSA) is 59.4 Å². The Labute approximate surface area is 173 Å². The number of carbonyl (C=O) groups is 1. The number of nitrogens with zero attached hydrogens (tertiary/aromatic N) is 3. The van der Waals surface area contributed by atoms with Gasteiger partial charge >= 0.3 is 0 Å². The van der Waals surface area contributed by atoms with E-state index in [-0.39, 0.29) is 18.0 Å². The molecule has 2 aromatic rings. The van der Waals surface area contributed by atoms with Gasteiger partial charge in [0.15, 0.2) is 5.69 Å². The predicted octanol–water partition coefficient (Wildman–Crippen LogP) is 3.77. The quantitative estimate of drug-likeness (QED) is 0.771. The predicted molar refractivity (Wildman–Crippen MR) is 115 cm³/mol. The molecule has 6 nitrogen and oxygen atoms in total. The molecule has 1 N–H and O–H groups in total. The number of hydrogen-bond donors (Lipinski definition) is 1. The Morgan fingerprint density at radius 3 is 2.66 bits per heavy atom. The summed E-state index contributed by atoms with van der Waals surface area (Å²) < 4.78 is 7.81. The third-order valence-corrected chi connectivity index (χ3v) is 6.61. The molecule has 4 rings (SSSR count). The minimum absolute atomic E-state index is 0.0470. The van der Waals surface area contributed by atoms with Gasteiger partial charge in [-0.25, -0.2) is 0 Å². The van der Waals surface area contributed by atoms with E-state index in [1.807, 2.05) is 22.9 Å². The Balaban J connectivity index is 1.50. The zero-order valence-corrected chi connectivity index (χ0v) is 17.9. The Hall–Kier alpha value is -1.92. The van der Waals surface area contributed by atoms with Crippen molar-refractivity contribution in [2.24, 2.45) is 0 Å². The molecule has 0 spiro atoms. The smallest absolute Gasteiger partial charge is 0.272 e. The van der Waals surface area contributed by atoms with Crippen molar-refractivity contribution in [2.75, 3.05) is 19.8 Å². The number of amides is 1. The average Bonchev–Trinajstić information content (AvgIpc) is 3.11. The molecule has 158 valence electrons. The molecule has 0 radical (unpaired) electrons. The molecule has 2 saturated heterocycles. The van der Waals surface area contributed by atoms with E-state index in [9.17, 15) is 4.79 Å². The van der Waals surface area contributed by atoms with E-state index in [2.05, 4.69) is 37.1 Å². The number of nitrogens with one attached hydrogen (secondary N) is 1. The molecule has 0 aliphatic carbocycles. The molecular weight excluding hydrogens is 364 g/mol. The first-order valence-corrected chi connectivity index (χ1v) is 11.2. The number of para-hydroxylation sites is 1. The normalized spacial score (nSPS) is 25.8. The Morgan fingerprint density at radius 1 is 1.24 bits per heavy atom. The lowest BCUT2D eigenvalue weighted by Crippen LogP contribution is -2.60. The summed E-state index contributed by atoms with van der Waals surface area (Å²) in [6, 6.07) is 9.33. The van der Waals surface area contributed by atoms with Gasteiger partial charge in [0.1, 0.15) is 0 Å². The second-order valence-electron chi connectivity index (χ2n) is 8.65. The molecule has 29 heavy (non-hydrogen) atoms. The van der Waals surface area contributed by atoms with Crippen molar-refractivity contribution >= 4 is 16.8 Å². The lowest BCUT2D eigenvalue weighted by molar-refractivity contribution is -0.0802. The maximum Gasteiger partial charge on any atom is 0.272 e. The first kappa shape index (κ1) is 20.4. The largest absolute Gasteiger partial charge is 0.378 e. The molecule has 0 saturated carbocycles. The van der Waals surface area contributed by atoms with E-state index in [1.54, 1.807) is 0 Å². The maximum atomic E-state index is 13.2. The van der Waals surface area contributed by atoms with E-state index in [0.29, 0.717) is 17.8 Å². The number of carbonyl (C=O) groups excluding carboxylic acids is 1. The summed E-state index contributed by atoms with van der Waals surface area (Å²) in [6.45, 7) is 9.22. The lowest BCUT2D eigenvalue weighted by Gasteiger charge is -2.48. The van der Waals surface area contributed by atoms with Gasteiger partial charge in [-0.3, -0.25) is 14.4 Å². The Bertz CT molecular complexity index is 835. The monoisotopic (exact) mass is 398 g/mol. The van der Waals surface area contributed by atoms with Gasteiger partial charge in [0.2, 0.25) is 0 Å². The van der Waals surface area contributed by atoms with Gasteiger partial charge in [0.05, 0.1) is 18.7 Å². The highest BCUT2D eigenvalue weighted by Crippen LogP contribution is 2.29. The van der Waals surface area contributed by atoms with Gasteiger partial charge in [0.25, 0.3) is 5.91 Å². The summed E-state index contributed by atoms with van der Waals surface area (Å²) in [5.74, 6) is -0.0470. The van der Waals surface area contributed by atoms with Crippen LogP contribution >= 0.6 is 0 Å². The van der Waals surface area contributed by atoms with Crippen LogP contribution in [-0.4, -0.2) is 58.5 Å². The van der Waals surface area contributed by atoms with Gasteiger partial charge in [-0.2, -0.15) is 5.10 Å². The van der Waals surface area contributed by atoms with E-state index in [0.717, 1.165) is 49.9 Å². The van der Waals surface area contributed by atoms with Crippen LogP contribution in [-0.2, 0) is 4.74 Å². The van der Waals surface area contributed by atoms with Crippen molar-refractivity contribution in [1.82, 2.24) is 20.0 Å². The molecule has 2 aliphatic heterocycles. The SMILES string of the molecule is CCCCN1C2COCC1CC(NC(=O)c1nn(C(C)CC)c3ccccc13)C2. The van der Waals surface area contributed by atoms with E-state index in [4.69, 9.17) is 9.84 Å². The number of benzene rings is 1. The zero-order chi connectivity index (χ0) is 20.4. The minimum atomic E-state index is -0.0470. The number of hydrogen-bond acceptors (Lipinski definition) is 4. The van der Waals surface area contributed by atoms with Crippen LogP contribution in [0, 0.1) is 0 Å². The summed E-state index contributed by atoms with van der Waals surface area (Å²) in [6.07, 6.45) is 5.32. The number of unbranched alkanes of at least 4 members (excludes halogenated alkanes) is 1. The summed E-state index contributed by atoms with van der Waals surface area (Å²) in [5.41, 5.74) is 1.59. The molecule has 6 heteroatoms. The number of ether oxygens (including phenoxy) is 1. The highest BCUT2D eigenvalue weighted by atomic mass is 16.5. The number of morpholine rings is 1. The Morgan fingerprint density at radius 2 is 1.97 bits per heavy atom. The highest BCUT2D eigenvalue weighted by Gasteiger charge is 2.39. The molecule has 1 aromatic heterocycles. The third kappa shape index (κ3) is 4.05. The molecule has 2 bridgehead atoms.